The minimum absolute atomic E-state index is 0.0266. The molecule has 0 unspecified atom stereocenters. The van der Waals surface area contributed by atoms with Crippen LogP contribution in [0, 0.1) is 5.92 Å². The van der Waals surface area contributed by atoms with E-state index in [1.54, 1.807) is 0 Å². The summed E-state index contributed by atoms with van der Waals surface area (Å²) in [4.78, 5) is 21.4. The summed E-state index contributed by atoms with van der Waals surface area (Å²) >= 11 is 1.81. The first kappa shape index (κ1) is 14.3. The smallest absolute Gasteiger partial charge is 0.187 e. The largest absolute Gasteiger partial charge is 0.790 e. The quantitative estimate of drug-likeness (QED) is 0.534. The Morgan fingerprint density at radius 3 is 2.68 bits per heavy atom. The lowest BCUT2D eigenvalue weighted by atomic mass is 9.74. The normalized spacial score (nSPS) is 46.1. The van der Waals surface area contributed by atoms with Crippen molar-refractivity contribution in [3.05, 3.63) is 0 Å². The van der Waals surface area contributed by atoms with E-state index in [2.05, 4.69) is 11.4 Å². The monoisotopic (exact) mass is 308 g/mol. The molecule has 4 aliphatic rings. The van der Waals surface area contributed by atoms with Gasteiger partial charge in [0.15, 0.2) is 6.73 Å². The maximum Gasteiger partial charge on any atom is 0.187 e. The lowest BCUT2D eigenvalue weighted by Gasteiger charge is -2.56. The van der Waals surface area contributed by atoms with Crippen LogP contribution in [0.1, 0.15) is 19.8 Å². The Kier molecular flexibility index (Phi) is 3.54. The van der Waals surface area contributed by atoms with Gasteiger partial charge in [-0.2, -0.15) is 0 Å². The highest BCUT2D eigenvalue weighted by Gasteiger charge is 2.58. The molecule has 6 nitrogen and oxygen atoms in total. The molecule has 4 aliphatic heterocycles. The molecule has 8 heteroatoms. The van der Waals surface area contributed by atoms with Gasteiger partial charge in [-0.1, -0.05) is 0 Å². The lowest BCUT2D eigenvalue weighted by Crippen LogP contribution is -2.70. The van der Waals surface area contributed by atoms with Crippen molar-refractivity contribution < 1.29 is 28.1 Å². The van der Waals surface area contributed by atoms with E-state index in [9.17, 15) is 14.4 Å². The average molecular weight is 308 g/mol. The molecule has 2 bridgehead atoms. The molecule has 1 spiro atoms. The van der Waals surface area contributed by atoms with E-state index < -0.39 is 7.82 Å². The Morgan fingerprint density at radius 2 is 2.16 bits per heavy atom. The van der Waals surface area contributed by atoms with Crippen molar-refractivity contribution >= 4 is 19.6 Å². The number of nitrogens with zero attached hydrogens (tertiary/aromatic N) is 1. The summed E-state index contributed by atoms with van der Waals surface area (Å²) in [5, 5.41) is 0. The first-order valence-electron chi connectivity index (χ1n) is 6.64. The molecule has 4 rings (SSSR count). The number of rotatable bonds is 3. The molecular weight excluding hydrogens is 289 g/mol. The van der Waals surface area contributed by atoms with Crippen LogP contribution in [0.25, 0.3) is 0 Å². The summed E-state index contributed by atoms with van der Waals surface area (Å²) in [6, 6.07) is 0. The molecule has 4 saturated heterocycles. The van der Waals surface area contributed by atoms with Crippen LogP contribution in [0.5, 0.6) is 0 Å². The van der Waals surface area contributed by atoms with Crippen molar-refractivity contribution in [1.29, 1.82) is 0 Å². The fourth-order valence-corrected chi connectivity index (χ4v) is 5.38. The molecule has 110 valence electrons. The molecule has 0 aromatic heterocycles. The van der Waals surface area contributed by atoms with Crippen molar-refractivity contribution in [2.75, 3.05) is 32.1 Å². The van der Waals surface area contributed by atoms with Crippen LogP contribution in [-0.4, -0.2) is 47.6 Å². The van der Waals surface area contributed by atoms with E-state index in [-0.39, 0.29) is 17.8 Å². The van der Waals surface area contributed by atoms with Crippen molar-refractivity contribution in [2.45, 2.75) is 30.8 Å². The van der Waals surface area contributed by atoms with E-state index in [0.717, 1.165) is 38.2 Å². The molecule has 0 amide bonds. The first-order valence-corrected chi connectivity index (χ1v) is 9.15. The summed E-state index contributed by atoms with van der Waals surface area (Å²) < 4.78 is 22.0. The number of hydrogen-bond donors (Lipinski definition) is 0. The lowest BCUT2D eigenvalue weighted by molar-refractivity contribution is -0.964. The van der Waals surface area contributed by atoms with Gasteiger partial charge in [-0.3, -0.25) is 4.48 Å². The summed E-state index contributed by atoms with van der Waals surface area (Å²) in [5.74, 6) is 1.53. The van der Waals surface area contributed by atoms with E-state index in [4.69, 9.17) is 4.74 Å². The number of phosphoric ester groups is 1. The fraction of sp³-hybridized carbons (Fsp3) is 1.00. The minimum atomic E-state index is -4.89. The van der Waals surface area contributed by atoms with E-state index >= 15 is 0 Å². The van der Waals surface area contributed by atoms with Crippen LogP contribution in [-0.2, 0) is 13.8 Å². The molecule has 0 aromatic carbocycles. The third-order valence-electron chi connectivity index (χ3n) is 4.70. The predicted octanol–water partition coefficient (Wildman–Crippen LogP) is -0.122. The number of piperidine rings is 3. The van der Waals surface area contributed by atoms with Gasteiger partial charge < -0.3 is 23.6 Å². The minimum Gasteiger partial charge on any atom is -0.790 e. The number of fused-ring (bicyclic) bond motifs is 2. The van der Waals surface area contributed by atoms with Crippen molar-refractivity contribution in [1.82, 2.24) is 0 Å². The molecule has 19 heavy (non-hydrogen) atoms. The second kappa shape index (κ2) is 4.70. The maximum atomic E-state index is 10.7. The Bertz CT molecular complexity index is 408. The molecule has 0 saturated carbocycles. The molecule has 4 fully saturated rings. The van der Waals surface area contributed by atoms with Gasteiger partial charge in [-0.05, 0) is 6.92 Å². The Balaban J connectivity index is 1.74. The molecule has 0 aromatic rings. The van der Waals surface area contributed by atoms with Gasteiger partial charge in [-0.15, -0.1) is 11.8 Å². The number of thioether (sulfide) groups is 1. The van der Waals surface area contributed by atoms with Gasteiger partial charge in [0.25, 0.3) is 0 Å². The number of quaternary nitrogens is 1. The van der Waals surface area contributed by atoms with Gasteiger partial charge >= 0.3 is 0 Å². The SMILES string of the molecule is C[C@H]1O[C@@]2(CS1)C[N+]1(COP(=O)([O-])[O-])CCC2CC1. The van der Waals surface area contributed by atoms with Gasteiger partial charge in [-0.25, -0.2) is 0 Å². The molecule has 4 heterocycles. The second-order valence-corrected chi connectivity index (χ2v) is 8.43. The highest BCUT2D eigenvalue weighted by molar-refractivity contribution is 8.00. The third kappa shape index (κ3) is 2.75. The number of ether oxygens (including phenoxy) is 1. The highest BCUT2D eigenvalue weighted by Crippen LogP contribution is 2.49. The summed E-state index contributed by atoms with van der Waals surface area (Å²) in [6.45, 7) is 4.57. The van der Waals surface area contributed by atoms with Crippen LogP contribution in [0.4, 0.5) is 0 Å². The zero-order valence-corrected chi connectivity index (χ0v) is 12.7. The third-order valence-corrected chi connectivity index (χ3v) is 6.36. The Hall–Kier alpha value is 0.380. The fourth-order valence-electron chi connectivity index (χ4n) is 3.82. The standard InChI is InChI=1S/C11H20NO5PS/c1-9-17-11(7-19-9)6-12(8-16-18(13,14)15)4-2-10(11)3-5-12/h9-10H,2-8H2,1H3,(H-,13,14,15)/p-1/t9-,10?,11+,12?/m0/s1. The van der Waals surface area contributed by atoms with Crippen LogP contribution in [0.2, 0.25) is 0 Å². The molecule has 2 atom stereocenters. The van der Waals surface area contributed by atoms with Gasteiger partial charge in [0.1, 0.15) is 17.6 Å². The van der Waals surface area contributed by atoms with Crippen LogP contribution >= 0.6 is 19.6 Å². The van der Waals surface area contributed by atoms with Crippen LogP contribution < -0.4 is 9.79 Å². The van der Waals surface area contributed by atoms with Crippen molar-refractivity contribution in [2.24, 2.45) is 5.92 Å². The number of hydrogen-bond acceptors (Lipinski definition) is 6. The van der Waals surface area contributed by atoms with Gasteiger partial charge in [0, 0.05) is 24.5 Å². The zero-order valence-electron chi connectivity index (χ0n) is 10.9. The van der Waals surface area contributed by atoms with Crippen molar-refractivity contribution in [3.8, 4) is 0 Å². The van der Waals surface area contributed by atoms with E-state index in [1.807, 2.05) is 11.8 Å². The zero-order chi connectivity index (χ0) is 13.7. The highest BCUT2D eigenvalue weighted by atomic mass is 32.2. The van der Waals surface area contributed by atoms with Crippen LogP contribution in [0.3, 0.4) is 0 Å². The topological polar surface area (TPSA) is 81.7 Å². The molecule has 0 N–H and O–H groups in total. The Labute approximate surface area is 117 Å². The van der Waals surface area contributed by atoms with E-state index in [0.29, 0.717) is 10.4 Å². The second-order valence-electron chi connectivity index (χ2n) is 5.99. The summed E-state index contributed by atoms with van der Waals surface area (Å²) in [6.07, 6.45) is 2.05. The molecule has 0 aliphatic carbocycles. The Morgan fingerprint density at radius 1 is 1.47 bits per heavy atom. The number of phosphoric acid groups is 1. The van der Waals surface area contributed by atoms with Crippen LogP contribution in [0.15, 0.2) is 0 Å². The van der Waals surface area contributed by atoms with Gasteiger partial charge in [0.2, 0.25) is 0 Å². The summed E-state index contributed by atoms with van der Waals surface area (Å²) in [7, 11) is -4.89. The van der Waals surface area contributed by atoms with E-state index in [1.165, 1.54) is 0 Å². The van der Waals surface area contributed by atoms with Crippen molar-refractivity contribution in [3.63, 3.8) is 0 Å². The average Bonchev–Trinajstić information content (AvgIpc) is 2.69. The molecule has 0 radical (unpaired) electrons. The van der Waals surface area contributed by atoms with Gasteiger partial charge in [0.05, 0.1) is 20.9 Å². The summed E-state index contributed by atoms with van der Waals surface area (Å²) in [5.41, 5.74) is 0.0614. The predicted molar refractivity (Wildman–Crippen MR) is 66.9 cm³/mol. The molecular formula is C11H19NO5PS-. The maximum absolute atomic E-state index is 10.7. The first-order chi connectivity index (χ1) is 8.83.